The first-order chi connectivity index (χ1) is 17.7. The van der Waals surface area contributed by atoms with Crippen LogP contribution in [-0.4, -0.2) is 49.1 Å². The molecule has 3 aromatic rings. The number of aliphatic hydroxyl groups is 1. The molecule has 3 aromatic carbocycles. The summed E-state index contributed by atoms with van der Waals surface area (Å²) in [4.78, 5) is 51.1. The fraction of sp³-hybridized carbons (Fsp3) is 0.214. The fourth-order valence-corrected chi connectivity index (χ4v) is 4.86. The van der Waals surface area contributed by atoms with Gasteiger partial charge in [0.1, 0.15) is 0 Å². The Morgan fingerprint density at radius 3 is 2.00 bits per heavy atom. The number of carboxylic acid groups (broad SMARTS) is 3. The number of aromatic carboxylic acids is 3. The summed E-state index contributed by atoms with van der Waals surface area (Å²) in [5.41, 5.74) is 0.921. The third kappa shape index (κ3) is 5.22. The van der Waals surface area contributed by atoms with Crippen molar-refractivity contribution < 1.29 is 39.6 Å². The van der Waals surface area contributed by atoms with E-state index in [1.165, 1.54) is 4.90 Å². The van der Waals surface area contributed by atoms with E-state index < -0.39 is 52.1 Å². The zero-order valence-corrected chi connectivity index (χ0v) is 19.8. The smallest absolute Gasteiger partial charge is 0.336 e. The third-order valence-electron chi connectivity index (χ3n) is 6.58. The number of aryl methyl sites for hydroxylation is 1. The minimum atomic E-state index is -1.61. The molecule has 0 heterocycles. The predicted molar refractivity (Wildman–Crippen MR) is 132 cm³/mol. The van der Waals surface area contributed by atoms with Crippen LogP contribution in [0.15, 0.2) is 60.7 Å². The SMILES string of the molecule is O=C(O)c1cc(C(=O)O)c(C(=O)N(Cc2cccc(CO)c2)[C@H]2CCCc3ccccc32)cc1C(=O)O. The highest BCUT2D eigenvalue weighted by atomic mass is 16.4. The summed E-state index contributed by atoms with van der Waals surface area (Å²) < 4.78 is 0. The molecule has 190 valence electrons. The monoisotopic (exact) mass is 503 g/mol. The second kappa shape index (κ2) is 10.6. The average Bonchev–Trinajstić information content (AvgIpc) is 2.90. The van der Waals surface area contributed by atoms with Gasteiger partial charge in [0.05, 0.1) is 34.9 Å². The van der Waals surface area contributed by atoms with Crippen molar-refractivity contribution in [1.82, 2.24) is 4.90 Å². The van der Waals surface area contributed by atoms with Crippen molar-refractivity contribution in [3.05, 3.63) is 105 Å². The van der Waals surface area contributed by atoms with E-state index in [0.717, 1.165) is 36.1 Å². The molecule has 1 amide bonds. The van der Waals surface area contributed by atoms with Gasteiger partial charge in [-0.2, -0.15) is 0 Å². The molecule has 0 spiro atoms. The van der Waals surface area contributed by atoms with Crippen LogP contribution in [0.1, 0.15) is 82.6 Å². The molecule has 0 radical (unpaired) electrons. The maximum absolute atomic E-state index is 14.1. The molecule has 9 heteroatoms. The molecule has 0 fully saturated rings. The lowest BCUT2D eigenvalue weighted by atomic mass is 9.86. The number of fused-ring (bicyclic) bond motifs is 1. The highest BCUT2D eigenvalue weighted by molar-refractivity contribution is 6.10. The van der Waals surface area contributed by atoms with Gasteiger partial charge in [0.15, 0.2) is 0 Å². The van der Waals surface area contributed by atoms with Gasteiger partial charge in [-0.25, -0.2) is 14.4 Å². The Hall–Kier alpha value is -4.50. The van der Waals surface area contributed by atoms with Gasteiger partial charge in [-0.05, 0) is 53.6 Å². The van der Waals surface area contributed by atoms with Crippen LogP contribution in [0.3, 0.4) is 0 Å². The molecule has 1 atom stereocenters. The fourth-order valence-electron chi connectivity index (χ4n) is 4.86. The van der Waals surface area contributed by atoms with Crippen LogP contribution in [0.4, 0.5) is 0 Å². The van der Waals surface area contributed by atoms with E-state index in [1.807, 2.05) is 24.3 Å². The van der Waals surface area contributed by atoms with Crippen molar-refractivity contribution in [3.63, 3.8) is 0 Å². The first-order valence-corrected chi connectivity index (χ1v) is 11.7. The average molecular weight is 504 g/mol. The number of nitrogens with zero attached hydrogens (tertiary/aromatic N) is 1. The molecule has 0 bridgehead atoms. The Morgan fingerprint density at radius 2 is 1.35 bits per heavy atom. The number of carboxylic acids is 3. The standard InChI is InChI=1S/C28H25NO8/c30-15-17-6-3-5-16(11-17)14-29(24-10-4-8-18-7-1-2-9-19(18)24)25(31)20-12-22(27(34)35)23(28(36)37)13-21(20)26(32)33/h1-3,5-7,9,11-13,24,30H,4,8,10,14-15H2,(H,32,33)(H,34,35)(H,36,37)/t24-/m0/s1. The highest BCUT2D eigenvalue weighted by Gasteiger charge is 2.33. The maximum Gasteiger partial charge on any atom is 0.336 e. The van der Waals surface area contributed by atoms with E-state index in [2.05, 4.69) is 0 Å². The topological polar surface area (TPSA) is 152 Å². The van der Waals surface area contributed by atoms with Gasteiger partial charge in [0, 0.05) is 6.54 Å². The van der Waals surface area contributed by atoms with E-state index in [1.54, 1.807) is 24.3 Å². The molecule has 4 rings (SSSR count). The molecule has 9 nitrogen and oxygen atoms in total. The van der Waals surface area contributed by atoms with Gasteiger partial charge < -0.3 is 25.3 Å². The van der Waals surface area contributed by atoms with E-state index >= 15 is 0 Å². The van der Waals surface area contributed by atoms with Gasteiger partial charge in [-0.3, -0.25) is 4.79 Å². The molecular weight excluding hydrogens is 478 g/mol. The van der Waals surface area contributed by atoms with Crippen LogP contribution in [0.5, 0.6) is 0 Å². The molecule has 0 unspecified atom stereocenters. The first kappa shape index (κ1) is 25.6. The van der Waals surface area contributed by atoms with Crippen LogP contribution in [0, 0.1) is 0 Å². The van der Waals surface area contributed by atoms with Crippen molar-refractivity contribution in [1.29, 1.82) is 0 Å². The van der Waals surface area contributed by atoms with Crippen molar-refractivity contribution in [2.45, 2.75) is 38.5 Å². The number of aliphatic hydroxyl groups excluding tert-OH is 1. The normalized spacial score (nSPS) is 14.5. The molecule has 0 saturated heterocycles. The van der Waals surface area contributed by atoms with E-state index in [4.69, 9.17) is 0 Å². The lowest BCUT2D eigenvalue weighted by Crippen LogP contribution is -2.37. The number of carbonyl (C=O) groups excluding carboxylic acids is 1. The van der Waals surface area contributed by atoms with Crippen molar-refractivity contribution >= 4 is 23.8 Å². The number of carbonyl (C=O) groups is 4. The second-order valence-electron chi connectivity index (χ2n) is 8.88. The number of amides is 1. The van der Waals surface area contributed by atoms with Crippen molar-refractivity contribution in [2.75, 3.05) is 0 Å². The lowest BCUT2D eigenvalue weighted by molar-refractivity contribution is 0.0611. The molecular formula is C28H25NO8. The van der Waals surface area contributed by atoms with Gasteiger partial charge >= 0.3 is 17.9 Å². The quantitative estimate of drug-likeness (QED) is 0.360. The van der Waals surface area contributed by atoms with Crippen LogP contribution in [-0.2, 0) is 19.6 Å². The summed E-state index contributed by atoms with van der Waals surface area (Å²) in [5.74, 6) is -5.48. The van der Waals surface area contributed by atoms with Crippen LogP contribution >= 0.6 is 0 Å². The Morgan fingerprint density at radius 1 is 0.757 bits per heavy atom. The van der Waals surface area contributed by atoms with Gasteiger partial charge in [0.25, 0.3) is 5.91 Å². The Bertz CT molecular complexity index is 1400. The van der Waals surface area contributed by atoms with Gasteiger partial charge in [-0.1, -0.05) is 48.5 Å². The summed E-state index contributed by atoms with van der Waals surface area (Å²) >= 11 is 0. The Labute approximate surface area is 212 Å². The maximum atomic E-state index is 14.1. The van der Waals surface area contributed by atoms with Gasteiger partial charge in [-0.15, -0.1) is 0 Å². The third-order valence-corrected chi connectivity index (χ3v) is 6.58. The number of hydrogen-bond acceptors (Lipinski definition) is 5. The van der Waals surface area contributed by atoms with Crippen molar-refractivity contribution in [2.24, 2.45) is 0 Å². The second-order valence-corrected chi connectivity index (χ2v) is 8.88. The number of benzene rings is 3. The largest absolute Gasteiger partial charge is 0.478 e. The van der Waals surface area contributed by atoms with Crippen molar-refractivity contribution in [3.8, 4) is 0 Å². The summed E-state index contributed by atoms with van der Waals surface area (Å²) in [7, 11) is 0. The van der Waals surface area contributed by atoms with E-state index in [0.29, 0.717) is 17.5 Å². The zero-order valence-electron chi connectivity index (χ0n) is 19.8. The summed E-state index contributed by atoms with van der Waals surface area (Å²) in [6.45, 7) is -0.135. The summed E-state index contributed by atoms with van der Waals surface area (Å²) in [6, 6.07) is 15.8. The molecule has 0 saturated carbocycles. The Balaban J connectivity index is 1.89. The van der Waals surface area contributed by atoms with E-state index in [9.17, 15) is 39.6 Å². The van der Waals surface area contributed by atoms with Crippen LogP contribution < -0.4 is 0 Å². The highest BCUT2D eigenvalue weighted by Crippen LogP contribution is 2.37. The summed E-state index contributed by atoms with van der Waals surface area (Å²) in [6.07, 6.45) is 2.21. The first-order valence-electron chi connectivity index (χ1n) is 11.7. The molecule has 4 N–H and O–H groups in total. The molecule has 0 aromatic heterocycles. The van der Waals surface area contributed by atoms with Crippen LogP contribution in [0.25, 0.3) is 0 Å². The predicted octanol–water partition coefficient (Wildman–Crippen LogP) is 3.99. The number of hydrogen-bond donors (Lipinski definition) is 4. The number of rotatable bonds is 8. The zero-order chi connectivity index (χ0) is 26.7. The minimum Gasteiger partial charge on any atom is -0.478 e. The molecule has 1 aliphatic carbocycles. The Kier molecular flexibility index (Phi) is 7.35. The molecule has 1 aliphatic rings. The molecule has 37 heavy (non-hydrogen) atoms. The van der Waals surface area contributed by atoms with E-state index in [-0.39, 0.29) is 13.2 Å². The van der Waals surface area contributed by atoms with Crippen LogP contribution in [0.2, 0.25) is 0 Å². The lowest BCUT2D eigenvalue weighted by Gasteiger charge is -2.36. The van der Waals surface area contributed by atoms with Gasteiger partial charge in [0.2, 0.25) is 0 Å². The molecule has 0 aliphatic heterocycles. The minimum absolute atomic E-state index is 0.0633. The summed E-state index contributed by atoms with van der Waals surface area (Å²) in [5, 5.41) is 38.4.